The molecule has 0 bridgehead atoms. The van der Waals surface area contributed by atoms with Crippen molar-refractivity contribution in [1.82, 2.24) is 4.57 Å². The number of benzene rings is 2. The number of carbonyl (C=O) groups is 1. The molecule has 182 valence electrons. The minimum atomic E-state index is -1.63. The Morgan fingerprint density at radius 3 is 2.56 bits per heavy atom. The first kappa shape index (κ1) is 25.5. The predicted molar refractivity (Wildman–Crippen MR) is 128 cm³/mol. The molecule has 3 aromatic rings. The first-order valence-corrected chi connectivity index (χ1v) is 11.4. The van der Waals surface area contributed by atoms with Gasteiger partial charge < -0.3 is 24.3 Å². The number of hydrogen-bond acceptors (Lipinski definition) is 5. The van der Waals surface area contributed by atoms with E-state index in [1.807, 2.05) is 13.8 Å². The van der Waals surface area contributed by atoms with Gasteiger partial charge in [-0.15, -0.1) is 0 Å². The molecule has 7 nitrogen and oxygen atoms in total. The molecule has 2 atom stereocenters. The van der Waals surface area contributed by atoms with Gasteiger partial charge in [0.2, 0.25) is 5.43 Å². The Balaban J connectivity index is 2.32. The Kier molecular flexibility index (Phi) is 8.17. The summed E-state index contributed by atoms with van der Waals surface area (Å²) in [5.74, 6) is -0.505. The van der Waals surface area contributed by atoms with Crippen LogP contribution in [0, 0.1) is 11.7 Å². The van der Waals surface area contributed by atoms with E-state index in [0.29, 0.717) is 29.0 Å². The molecule has 2 N–H and O–H groups in total. The summed E-state index contributed by atoms with van der Waals surface area (Å²) in [5, 5.41) is 19.4. The van der Waals surface area contributed by atoms with E-state index in [4.69, 9.17) is 26.2 Å². The number of nitrogens with zero attached hydrogens (tertiary/aromatic N) is 1. The minimum Gasteiger partial charge on any atom is -0.494 e. The topological polar surface area (TPSA) is 98.0 Å². The molecule has 1 heterocycles. The van der Waals surface area contributed by atoms with E-state index in [2.05, 4.69) is 0 Å². The largest absolute Gasteiger partial charge is 0.511 e. The third-order valence-electron chi connectivity index (χ3n) is 5.94. The van der Waals surface area contributed by atoms with Gasteiger partial charge in [-0.2, -0.15) is 0 Å². The second-order valence-corrected chi connectivity index (χ2v) is 8.44. The van der Waals surface area contributed by atoms with E-state index in [1.54, 1.807) is 35.8 Å². The third kappa shape index (κ3) is 5.18. The van der Waals surface area contributed by atoms with Crippen LogP contribution in [0.25, 0.3) is 10.9 Å². The molecular formula is C25H27ClFNO6. The number of aliphatic hydroxyl groups is 1. The van der Waals surface area contributed by atoms with Crippen LogP contribution in [0.4, 0.5) is 9.18 Å². The lowest BCUT2D eigenvalue weighted by Gasteiger charge is -2.27. The van der Waals surface area contributed by atoms with Crippen LogP contribution in [0.3, 0.4) is 0 Å². The van der Waals surface area contributed by atoms with Crippen molar-refractivity contribution >= 4 is 28.7 Å². The van der Waals surface area contributed by atoms with E-state index < -0.39 is 23.4 Å². The maximum atomic E-state index is 14.6. The molecule has 2 aromatic carbocycles. The zero-order chi connectivity index (χ0) is 25.0. The van der Waals surface area contributed by atoms with Crippen molar-refractivity contribution in [1.29, 1.82) is 0 Å². The van der Waals surface area contributed by atoms with E-state index in [9.17, 15) is 19.1 Å². The zero-order valence-electron chi connectivity index (χ0n) is 19.2. The van der Waals surface area contributed by atoms with E-state index in [0.717, 1.165) is 6.42 Å². The second kappa shape index (κ2) is 10.9. The highest BCUT2D eigenvalue weighted by atomic mass is 35.5. The highest BCUT2D eigenvalue weighted by molar-refractivity contribution is 6.30. The van der Waals surface area contributed by atoms with Crippen molar-refractivity contribution in [3.05, 3.63) is 68.7 Å². The van der Waals surface area contributed by atoms with Gasteiger partial charge in [0.05, 0.1) is 41.4 Å². The number of ether oxygens (including phenoxy) is 2. The Hall–Kier alpha value is -3.10. The summed E-state index contributed by atoms with van der Waals surface area (Å²) >= 11 is 5.93. The van der Waals surface area contributed by atoms with Crippen LogP contribution >= 0.6 is 11.6 Å². The quantitative estimate of drug-likeness (QED) is 0.388. The van der Waals surface area contributed by atoms with Crippen LogP contribution in [0.2, 0.25) is 5.02 Å². The molecule has 0 saturated carbocycles. The zero-order valence-corrected chi connectivity index (χ0v) is 19.9. The molecule has 0 aliphatic heterocycles. The van der Waals surface area contributed by atoms with Gasteiger partial charge in [-0.05, 0) is 36.1 Å². The summed E-state index contributed by atoms with van der Waals surface area (Å²) in [6.07, 6.45) is 0.505. The van der Waals surface area contributed by atoms with E-state index in [1.165, 1.54) is 12.3 Å². The fraction of sp³-hybridized carbons (Fsp3) is 0.360. The van der Waals surface area contributed by atoms with Crippen LogP contribution in [-0.2, 0) is 6.42 Å². The molecule has 0 radical (unpaired) electrons. The molecule has 0 unspecified atom stereocenters. The molecule has 0 aliphatic carbocycles. The first-order valence-electron chi connectivity index (χ1n) is 11.0. The van der Waals surface area contributed by atoms with Crippen molar-refractivity contribution in [2.45, 2.75) is 39.7 Å². The van der Waals surface area contributed by atoms with Gasteiger partial charge >= 0.3 is 6.16 Å². The standard InChI is InChI=1S/C25H27ClFNO6/c1-4-14(3)20(13-29)28-12-22(34-25(31)32)24(30)17-10-16(21(33-5-2)11-19(17)28)9-15-7-6-8-18(26)23(15)27/h6-8,10-12,14,20,29H,4-5,9,13H2,1-3H3,(H,31,32)/t14-,20+/m0/s1. The lowest BCUT2D eigenvalue weighted by molar-refractivity contribution is 0.143. The Labute approximate surface area is 201 Å². The number of carboxylic acid groups (broad SMARTS) is 1. The number of rotatable bonds is 9. The van der Waals surface area contributed by atoms with Crippen molar-refractivity contribution in [2.75, 3.05) is 13.2 Å². The van der Waals surface area contributed by atoms with Crippen LogP contribution in [-0.4, -0.2) is 34.1 Å². The normalized spacial score (nSPS) is 13.0. The highest BCUT2D eigenvalue weighted by Gasteiger charge is 2.23. The summed E-state index contributed by atoms with van der Waals surface area (Å²) in [4.78, 5) is 24.4. The van der Waals surface area contributed by atoms with Crippen LogP contribution in [0.1, 0.15) is 44.4 Å². The molecule has 0 fully saturated rings. The van der Waals surface area contributed by atoms with Gasteiger partial charge in [-0.3, -0.25) is 4.79 Å². The maximum Gasteiger partial charge on any atom is 0.511 e. The van der Waals surface area contributed by atoms with Crippen molar-refractivity contribution in [2.24, 2.45) is 5.92 Å². The molecule has 0 aliphatic rings. The smallest absolute Gasteiger partial charge is 0.494 e. The fourth-order valence-corrected chi connectivity index (χ4v) is 4.16. The van der Waals surface area contributed by atoms with Crippen LogP contribution < -0.4 is 14.9 Å². The van der Waals surface area contributed by atoms with Crippen LogP contribution in [0.15, 0.2) is 41.3 Å². The average molecular weight is 492 g/mol. The Morgan fingerprint density at radius 2 is 1.94 bits per heavy atom. The molecule has 0 spiro atoms. The number of pyridine rings is 1. The monoisotopic (exact) mass is 491 g/mol. The molecule has 0 amide bonds. The van der Waals surface area contributed by atoms with Gasteiger partial charge in [0, 0.05) is 12.5 Å². The number of halogens is 2. The van der Waals surface area contributed by atoms with E-state index in [-0.39, 0.29) is 35.1 Å². The van der Waals surface area contributed by atoms with Crippen LogP contribution in [0.5, 0.6) is 11.5 Å². The van der Waals surface area contributed by atoms with E-state index >= 15 is 0 Å². The molecule has 1 aromatic heterocycles. The lowest BCUT2D eigenvalue weighted by Crippen LogP contribution is -2.24. The van der Waals surface area contributed by atoms with Gasteiger partial charge in [0.25, 0.3) is 0 Å². The summed E-state index contributed by atoms with van der Waals surface area (Å²) in [6, 6.07) is 7.44. The summed E-state index contributed by atoms with van der Waals surface area (Å²) < 4.78 is 26.8. The van der Waals surface area contributed by atoms with Crippen molar-refractivity contribution in [3.8, 4) is 11.5 Å². The number of fused-ring (bicyclic) bond motifs is 1. The SMILES string of the molecule is CCOc1cc2c(cc1Cc1cccc(Cl)c1F)c(=O)c(OC(=O)O)cn2[C@H](CO)[C@@H](C)CC. The molecule has 34 heavy (non-hydrogen) atoms. The highest BCUT2D eigenvalue weighted by Crippen LogP contribution is 2.33. The van der Waals surface area contributed by atoms with Gasteiger partial charge in [-0.25, -0.2) is 9.18 Å². The maximum absolute atomic E-state index is 14.6. The first-order chi connectivity index (χ1) is 16.2. The number of aromatic nitrogens is 1. The summed E-state index contributed by atoms with van der Waals surface area (Å²) in [6.45, 7) is 5.81. The molecule has 0 saturated heterocycles. The van der Waals surface area contributed by atoms with Gasteiger partial charge in [-0.1, -0.05) is 44.0 Å². The van der Waals surface area contributed by atoms with Gasteiger partial charge in [0.1, 0.15) is 11.6 Å². The molecule has 9 heteroatoms. The lowest BCUT2D eigenvalue weighted by atomic mass is 9.97. The average Bonchev–Trinajstić information content (AvgIpc) is 2.80. The molecule has 3 rings (SSSR count). The fourth-order valence-electron chi connectivity index (χ4n) is 3.97. The third-order valence-corrected chi connectivity index (χ3v) is 6.23. The van der Waals surface area contributed by atoms with Crippen molar-refractivity contribution in [3.63, 3.8) is 0 Å². The second-order valence-electron chi connectivity index (χ2n) is 8.03. The Morgan fingerprint density at radius 1 is 1.21 bits per heavy atom. The van der Waals surface area contributed by atoms with Gasteiger partial charge in [0.15, 0.2) is 5.75 Å². The minimum absolute atomic E-state index is 0.00385. The predicted octanol–water partition coefficient (Wildman–Crippen LogP) is 5.42. The number of aliphatic hydroxyl groups excluding tert-OH is 1. The number of hydrogen-bond donors (Lipinski definition) is 2. The summed E-state index contributed by atoms with van der Waals surface area (Å²) in [7, 11) is 0. The molecular weight excluding hydrogens is 465 g/mol. The Bertz CT molecular complexity index is 1260. The summed E-state index contributed by atoms with van der Waals surface area (Å²) in [5.41, 5.74) is 0.654. The van der Waals surface area contributed by atoms with Crippen molar-refractivity contribution < 1.29 is 28.9 Å².